The Labute approximate surface area is 128 Å². The van der Waals surface area contributed by atoms with Gasteiger partial charge in [0.05, 0.1) is 16.6 Å². The Kier molecular flexibility index (Phi) is 4.70. The highest BCUT2D eigenvalue weighted by atomic mass is 32.2. The van der Waals surface area contributed by atoms with Gasteiger partial charge < -0.3 is 5.32 Å². The van der Waals surface area contributed by atoms with Crippen molar-refractivity contribution in [1.29, 1.82) is 0 Å². The predicted octanol–water partition coefficient (Wildman–Crippen LogP) is 3.03. The maximum Gasteiger partial charge on any atom is 0.418 e. The molecule has 0 aromatic carbocycles. The zero-order valence-corrected chi connectivity index (χ0v) is 13.3. The van der Waals surface area contributed by atoms with Crippen LogP contribution in [0, 0.1) is 12.8 Å². The molecule has 1 aromatic heterocycles. The average molecular weight is 336 g/mol. The highest BCUT2D eigenvalue weighted by molar-refractivity contribution is 7.92. The first kappa shape index (κ1) is 17.1. The molecule has 124 valence electrons. The molecule has 1 aliphatic rings. The highest BCUT2D eigenvalue weighted by Crippen LogP contribution is 2.32. The first-order valence-corrected chi connectivity index (χ1v) is 8.80. The smallest absolute Gasteiger partial charge is 0.370 e. The monoisotopic (exact) mass is 336 g/mol. The maximum atomic E-state index is 12.7. The molecule has 22 heavy (non-hydrogen) atoms. The van der Waals surface area contributed by atoms with E-state index in [1.165, 1.54) is 13.0 Å². The van der Waals surface area contributed by atoms with Crippen LogP contribution >= 0.6 is 0 Å². The summed E-state index contributed by atoms with van der Waals surface area (Å²) in [6, 6.07) is 1.37. The van der Waals surface area contributed by atoms with Gasteiger partial charge in [-0.15, -0.1) is 0 Å². The lowest BCUT2D eigenvalue weighted by Crippen LogP contribution is -2.33. The first-order chi connectivity index (χ1) is 10.1. The molecule has 8 heteroatoms. The molecule has 2 unspecified atom stereocenters. The fourth-order valence-corrected chi connectivity index (χ4v) is 4.28. The van der Waals surface area contributed by atoms with Gasteiger partial charge in [0.1, 0.15) is 5.82 Å². The third kappa shape index (κ3) is 3.91. The van der Waals surface area contributed by atoms with Crippen molar-refractivity contribution in [2.45, 2.75) is 38.1 Å². The summed E-state index contributed by atoms with van der Waals surface area (Å²) >= 11 is 0. The number of nitrogens with zero attached hydrogens (tertiary/aromatic N) is 1. The van der Waals surface area contributed by atoms with Crippen LogP contribution in [0.1, 0.15) is 30.9 Å². The molecule has 2 heterocycles. The average Bonchev–Trinajstić information content (AvgIpc) is 2.39. The molecular formula is C14H19F3N2O2S. The number of halogens is 3. The minimum Gasteiger partial charge on any atom is -0.370 e. The van der Waals surface area contributed by atoms with Crippen LogP contribution in [0.4, 0.5) is 19.0 Å². The van der Waals surface area contributed by atoms with Gasteiger partial charge in [0.2, 0.25) is 0 Å². The van der Waals surface area contributed by atoms with Crippen LogP contribution in [0.3, 0.4) is 0 Å². The first-order valence-electron chi connectivity index (χ1n) is 7.09. The van der Waals surface area contributed by atoms with E-state index in [2.05, 4.69) is 10.3 Å². The molecule has 1 aromatic rings. The quantitative estimate of drug-likeness (QED) is 0.922. The largest absolute Gasteiger partial charge is 0.418 e. The lowest BCUT2D eigenvalue weighted by atomic mass is 10.00. The molecule has 1 aliphatic heterocycles. The number of rotatable bonds is 3. The van der Waals surface area contributed by atoms with Crippen LogP contribution in [0.5, 0.6) is 0 Å². The van der Waals surface area contributed by atoms with E-state index in [1.807, 2.05) is 0 Å². The third-order valence-electron chi connectivity index (χ3n) is 4.08. The number of aryl methyl sites for hydroxylation is 1. The number of hydrogen-bond donors (Lipinski definition) is 1. The third-order valence-corrected chi connectivity index (χ3v) is 6.30. The zero-order valence-electron chi connectivity index (χ0n) is 12.4. The molecule has 4 nitrogen and oxygen atoms in total. The maximum absolute atomic E-state index is 12.7. The van der Waals surface area contributed by atoms with Crippen LogP contribution < -0.4 is 5.32 Å². The number of sulfone groups is 1. The van der Waals surface area contributed by atoms with E-state index in [0.717, 1.165) is 6.20 Å². The molecule has 0 aliphatic carbocycles. The number of nitrogens with one attached hydrogen (secondary N) is 1. The van der Waals surface area contributed by atoms with Gasteiger partial charge in [-0.2, -0.15) is 13.2 Å². The van der Waals surface area contributed by atoms with E-state index in [9.17, 15) is 21.6 Å². The number of anilines is 1. The van der Waals surface area contributed by atoms with Crippen molar-refractivity contribution in [1.82, 2.24) is 4.98 Å². The number of hydrogen-bond acceptors (Lipinski definition) is 4. The lowest BCUT2D eigenvalue weighted by Gasteiger charge is -2.27. The molecule has 2 atom stereocenters. The molecule has 0 amide bonds. The summed E-state index contributed by atoms with van der Waals surface area (Å²) in [6.07, 6.45) is -2.44. The number of aromatic nitrogens is 1. The van der Waals surface area contributed by atoms with Crippen molar-refractivity contribution in [3.05, 3.63) is 23.4 Å². The second-order valence-corrected chi connectivity index (χ2v) is 8.37. The van der Waals surface area contributed by atoms with Crippen molar-refractivity contribution in [2.24, 2.45) is 5.92 Å². The summed E-state index contributed by atoms with van der Waals surface area (Å²) in [5.41, 5.74) is -0.625. The molecule has 0 bridgehead atoms. The summed E-state index contributed by atoms with van der Waals surface area (Å²) in [5.74, 6) is 0.731. The van der Waals surface area contributed by atoms with Crippen molar-refractivity contribution in [3.63, 3.8) is 0 Å². The van der Waals surface area contributed by atoms with Crippen molar-refractivity contribution >= 4 is 15.7 Å². The van der Waals surface area contributed by atoms with Gasteiger partial charge in [-0.25, -0.2) is 13.4 Å². The van der Waals surface area contributed by atoms with E-state index in [0.29, 0.717) is 25.2 Å². The highest BCUT2D eigenvalue weighted by Gasteiger charge is 2.33. The Balaban J connectivity index is 1.97. The van der Waals surface area contributed by atoms with E-state index in [1.54, 1.807) is 6.92 Å². The number of alkyl halides is 3. The minimum atomic E-state index is -4.40. The number of pyridine rings is 1. The zero-order chi connectivity index (χ0) is 16.5. The summed E-state index contributed by atoms with van der Waals surface area (Å²) in [5, 5.41) is 2.64. The van der Waals surface area contributed by atoms with Crippen LogP contribution in [-0.4, -0.2) is 30.9 Å². The normalized spacial score (nSPS) is 25.0. The van der Waals surface area contributed by atoms with E-state index in [4.69, 9.17) is 0 Å². The second-order valence-electron chi connectivity index (χ2n) is 5.83. The van der Waals surface area contributed by atoms with E-state index >= 15 is 0 Å². The molecule has 1 N–H and O–H groups in total. The standard InChI is InChI=1S/C14H19F3N2O2S/c1-9-5-13(19-8-12(9)14(15,16)17)18-7-11-3-4-22(20,21)10(2)6-11/h5,8,10-11H,3-4,6-7H2,1-2H3,(H,18,19). The topological polar surface area (TPSA) is 59.1 Å². The summed E-state index contributed by atoms with van der Waals surface area (Å²) in [4.78, 5) is 3.79. The van der Waals surface area contributed by atoms with Crippen molar-refractivity contribution in [2.75, 3.05) is 17.6 Å². The van der Waals surface area contributed by atoms with Gasteiger partial charge >= 0.3 is 6.18 Å². The molecule has 0 radical (unpaired) electrons. The van der Waals surface area contributed by atoms with Crippen LogP contribution in [0.15, 0.2) is 12.3 Å². The Morgan fingerprint density at radius 3 is 2.64 bits per heavy atom. The molecule has 1 saturated heterocycles. The summed E-state index contributed by atoms with van der Waals surface area (Å²) in [7, 11) is -2.97. The van der Waals surface area contributed by atoms with Gasteiger partial charge in [-0.1, -0.05) is 0 Å². The van der Waals surface area contributed by atoms with Crippen LogP contribution in [-0.2, 0) is 16.0 Å². The Bertz CT molecular complexity index is 644. The molecular weight excluding hydrogens is 317 g/mol. The van der Waals surface area contributed by atoms with Crippen LogP contribution in [0.2, 0.25) is 0 Å². The minimum absolute atomic E-state index is 0.115. The Hall–Kier alpha value is -1.31. The van der Waals surface area contributed by atoms with E-state index < -0.39 is 21.6 Å². The Morgan fingerprint density at radius 1 is 1.41 bits per heavy atom. The second kappa shape index (κ2) is 6.06. The summed E-state index contributed by atoms with van der Waals surface area (Å²) in [6.45, 7) is 3.60. The van der Waals surface area contributed by atoms with Gasteiger partial charge in [0, 0.05) is 12.7 Å². The van der Waals surface area contributed by atoms with Gasteiger partial charge in [-0.3, -0.25) is 0 Å². The molecule has 1 fully saturated rings. The van der Waals surface area contributed by atoms with Gasteiger partial charge in [0.25, 0.3) is 0 Å². The van der Waals surface area contributed by atoms with Crippen molar-refractivity contribution in [3.8, 4) is 0 Å². The van der Waals surface area contributed by atoms with Gasteiger partial charge in [0.15, 0.2) is 9.84 Å². The fourth-order valence-electron chi connectivity index (χ4n) is 2.65. The van der Waals surface area contributed by atoms with Crippen LogP contribution in [0.25, 0.3) is 0 Å². The fraction of sp³-hybridized carbons (Fsp3) is 0.643. The predicted molar refractivity (Wildman–Crippen MR) is 78.4 cm³/mol. The SMILES string of the molecule is Cc1cc(NCC2CCS(=O)(=O)C(C)C2)ncc1C(F)(F)F. The van der Waals surface area contributed by atoms with Crippen molar-refractivity contribution < 1.29 is 21.6 Å². The van der Waals surface area contributed by atoms with Gasteiger partial charge in [-0.05, 0) is 44.2 Å². The Morgan fingerprint density at radius 2 is 2.09 bits per heavy atom. The molecule has 2 rings (SSSR count). The van der Waals surface area contributed by atoms with E-state index in [-0.39, 0.29) is 22.5 Å². The molecule has 0 saturated carbocycles. The summed E-state index contributed by atoms with van der Waals surface area (Å²) < 4.78 is 61.2. The lowest BCUT2D eigenvalue weighted by molar-refractivity contribution is -0.138. The molecule has 0 spiro atoms.